The van der Waals surface area contributed by atoms with Crippen molar-refractivity contribution in [3.63, 3.8) is 0 Å². The van der Waals surface area contributed by atoms with Crippen LogP contribution in [0.4, 0.5) is 0 Å². The molecule has 2 N–H and O–H groups in total. The number of rotatable bonds is 4. The van der Waals surface area contributed by atoms with Crippen molar-refractivity contribution in [1.82, 2.24) is 4.90 Å². The Morgan fingerprint density at radius 2 is 1.95 bits per heavy atom. The summed E-state index contributed by atoms with van der Waals surface area (Å²) in [7, 11) is 1.73. The molecule has 1 aromatic carbocycles. The van der Waals surface area contributed by atoms with E-state index in [4.69, 9.17) is 28.9 Å². The van der Waals surface area contributed by atoms with Crippen molar-refractivity contribution >= 4 is 41.5 Å². The molecule has 3 nitrogen and oxygen atoms in total. The second-order valence-electron chi connectivity index (χ2n) is 5.15. The van der Waals surface area contributed by atoms with Gasteiger partial charge in [0.25, 0.3) is 5.91 Å². The highest BCUT2D eigenvalue weighted by atomic mass is 35.5. The Balaban J connectivity index is 0.00000324. The van der Waals surface area contributed by atoms with Crippen LogP contribution in [0.5, 0.6) is 0 Å². The Morgan fingerprint density at radius 3 is 2.47 bits per heavy atom. The molecule has 1 rings (SSSR count). The Labute approximate surface area is 130 Å². The normalized spacial score (nSPS) is 10.8. The van der Waals surface area contributed by atoms with Crippen LogP contribution in [0.1, 0.15) is 24.2 Å². The minimum Gasteiger partial charge on any atom is -0.341 e. The first-order valence-electron chi connectivity index (χ1n) is 5.67. The molecule has 0 radical (unpaired) electrons. The molecule has 0 saturated carbocycles. The predicted molar refractivity (Wildman–Crippen MR) is 83.5 cm³/mol. The first-order chi connectivity index (χ1) is 8.26. The highest BCUT2D eigenvalue weighted by molar-refractivity contribution is 6.35. The summed E-state index contributed by atoms with van der Waals surface area (Å²) in [6.07, 6.45) is 0. The minimum atomic E-state index is -0.149. The van der Waals surface area contributed by atoms with E-state index in [0.29, 0.717) is 28.7 Å². The van der Waals surface area contributed by atoms with Gasteiger partial charge in [0.05, 0.1) is 10.6 Å². The lowest BCUT2D eigenvalue weighted by molar-refractivity contribution is 0.0741. The summed E-state index contributed by atoms with van der Waals surface area (Å²) < 4.78 is 0. The summed E-state index contributed by atoms with van der Waals surface area (Å²) in [6, 6.07) is 4.86. The fraction of sp³-hybridized carbons (Fsp3) is 0.462. The maximum atomic E-state index is 12.3. The van der Waals surface area contributed by atoms with Crippen molar-refractivity contribution in [3.8, 4) is 0 Å². The Kier molecular flexibility index (Phi) is 7.16. The smallest absolute Gasteiger partial charge is 0.255 e. The van der Waals surface area contributed by atoms with Gasteiger partial charge in [0.1, 0.15) is 0 Å². The fourth-order valence-corrected chi connectivity index (χ4v) is 2.02. The van der Waals surface area contributed by atoms with E-state index < -0.39 is 0 Å². The average Bonchev–Trinajstić information content (AvgIpc) is 2.31. The second kappa shape index (κ2) is 7.34. The molecule has 0 aliphatic heterocycles. The summed E-state index contributed by atoms with van der Waals surface area (Å²) in [5.41, 5.74) is 5.95. The zero-order chi connectivity index (χ0) is 13.9. The van der Waals surface area contributed by atoms with Crippen molar-refractivity contribution in [3.05, 3.63) is 33.8 Å². The van der Waals surface area contributed by atoms with Crippen LogP contribution in [0, 0.1) is 5.41 Å². The number of carbonyl (C=O) groups excluding carboxylic acids is 1. The highest BCUT2D eigenvalue weighted by Crippen LogP contribution is 2.23. The summed E-state index contributed by atoms with van der Waals surface area (Å²) in [6.45, 7) is 5.09. The summed E-state index contributed by atoms with van der Waals surface area (Å²) in [5.74, 6) is -0.149. The third kappa shape index (κ3) is 5.19. The van der Waals surface area contributed by atoms with E-state index in [1.165, 1.54) is 0 Å². The van der Waals surface area contributed by atoms with Crippen molar-refractivity contribution in [1.29, 1.82) is 0 Å². The monoisotopic (exact) mass is 324 g/mol. The number of hydrogen-bond acceptors (Lipinski definition) is 2. The van der Waals surface area contributed by atoms with E-state index in [-0.39, 0.29) is 23.7 Å². The lowest BCUT2D eigenvalue weighted by Crippen LogP contribution is -2.39. The van der Waals surface area contributed by atoms with E-state index in [9.17, 15) is 4.79 Å². The van der Waals surface area contributed by atoms with Crippen molar-refractivity contribution in [2.45, 2.75) is 13.8 Å². The molecule has 0 aromatic heterocycles. The van der Waals surface area contributed by atoms with Gasteiger partial charge in [-0.1, -0.05) is 37.0 Å². The molecule has 0 aliphatic carbocycles. The molecule has 6 heteroatoms. The van der Waals surface area contributed by atoms with Crippen LogP contribution in [0.3, 0.4) is 0 Å². The molecule has 1 aromatic rings. The molecular weight excluding hydrogens is 307 g/mol. The van der Waals surface area contributed by atoms with Crippen molar-refractivity contribution in [2.75, 3.05) is 20.1 Å². The summed E-state index contributed by atoms with van der Waals surface area (Å²) in [5, 5.41) is 0.899. The molecule has 0 bridgehead atoms. The number of amides is 1. The largest absolute Gasteiger partial charge is 0.341 e. The van der Waals surface area contributed by atoms with Gasteiger partial charge in [0.2, 0.25) is 0 Å². The van der Waals surface area contributed by atoms with E-state index in [0.717, 1.165) is 0 Å². The highest BCUT2D eigenvalue weighted by Gasteiger charge is 2.23. The van der Waals surface area contributed by atoms with Crippen LogP contribution >= 0.6 is 35.6 Å². The van der Waals surface area contributed by atoms with E-state index in [1.54, 1.807) is 30.1 Å². The number of nitrogens with zero attached hydrogens (tertiary/aromatic N) is 1. The lowest BCUT2D eigenvalue weighted by Gasteiger charge is -2.29. The SMILES string of the molecule is CN(CC(C)(C)CN)C(=O)c1cc(Cl)ccc1Cl.Cl. The quantitative estimate of drug-likeness (QED) is 0.921. The molecule has 0 atom stereocenters. The zero-order valence-electron chi connectivity index (χ0n) is 11.2. The van der Waals surface area contributed by atoms with E-state index in [2.05, 4.69) is 0 Å². The fourth-order valence-electron chi connectivity index (χ4n) is 1.65. The second-order valence-corrected chi connectivity index (χ2v) is 6.00. The van der Waals surface area contributed by atoms with Crippen LogP contribution in [-0.2, 0) is 0 Å². The third-order valence-electron chi connectivity index (χ3n) is 2.72. The molecule has 0 unspecified atom stereocenters. The first kappa shape index (κ1) is 18.5. The molecule has 1 amide bonds. The van der Waals surface area contributed by atoms with Gasteiger partial charge < -0.3 is 10.6 Å². The van der Waals surface area contributed by atoms with Crippen LogP contribution in [0.25, 0.3) is 0 Å². The molecule has 0 aliphatic rings. The molecular formula is C13H19Cl3N2O. The van der Waals surface area contributed by atoms with Crippen LogP contribution in [0.2, 0.25) is 10.0 Å². The number of nitrogens with two attached hydrogens (primary N) is 1. The molecule has 108 valence electrons. The Hall–Kier alpha value is -0.480. The third-order valence-corrected chi connectivity index (χ3v) is 3.29. The maximum Gasteiger partial charge on any atom is 0.255 e. The molecule has 0 spiro atoms. The van der Waals surface area contributed by atoms with Gasteiger partial charge in [-0.3, -0.25) is 4.79 Å². The molecule has 0 heterocycles. The van der Waals surface area contributed by atoms with Crippen LogP contribution < -0.4 is 5.73 Å². The predicted octanol–water partition coefficient (Wildman–Crippen LogP) is 3.47. The number of benzene rings is 1. The maximum absolute atomic E-state index is 12.3. The molecule has 0 fully saturated rings. The number of hydrogen-bond donors (Lipinski definition) is 1. The van der Waals surface area contributed by atoms with Gasteiger partial charge in [-0.25, -0.2) is 0 Å². The topological polar surface area (TPSA) is 46.3 Å². The van der Waals surface area contributed by atoms with Crippen molar-refractivity contribution < 1.29 is 4.79 Å². The van der Waals surface area contributed by atoms with E-state index in [1.807, 2.05) is 13.8 Å². The lowest BCUT2D eigenvalue weighted by atomic mass is 9.93. The van der Waals surface area contributed by atoms with Gasteiger partial charge in [-0.15, -0.1) is 12.4 Å². The standard InChI is InChI=1S/C13H18Cl2N2O.ClH/c1-13(2,7-16)8-17(3)12(18)10-6-9(14)4-5-11(10)15;/h4-6H,7-8,16H2,1-3H3;1H. The average molecular weight is 326 g/mol. The van der Waals surface area contributed by atoms with Gasteiger partial charge in [-0.05, 0) is 30.2 Å². The van der Waals surface area contributed by atoms with Gasteiger partial charge in [0.15, 0.2) is 0 Å². The number of carbonyl (C=O) groups is 1. The van der Waals surface area contributed by atoms with E-state index >= 15 is 0 Å². The van der Waals surface area contributed by atoms with Gasteiger partial charge in [-0.2, -0.15) is 0 Å². The first-order valence-corrected chi connectivity index (χ1v) is 6.43. The van der Waals surface area contributed by atoms with Crippen molar-refractivity contribution in [2.24, 2.45) is 11.1 Å². The summed E-state index contributed by atoms with van der Waals surface area (Å²) in [4.78, 5) is 13.9. The molecule has 19 heavy (non-hydrogen) atoms. The molecule has 0 saturated heterocycles. The Morgan fingerprint density at radius 1 is 1.37 bits per heavy atom. The summed E-state index contributed by atoms with van der Waals surface area (Å²) >= 11 is 11.9. The zero-order valence-corrected chi connectivity index (χ0v) is 13.6. The van der Waals surface area contributed by atoms with Crippen LogP contribution in [0.15, 0.2) is 18.2 Å². The van der Waals surface area contributed by atoms with Crippen LogP contribution in [-0.4, -0.2) is 30.9 Å². The minimum absolute atomic E-state index is 0. The Bertz CT molecular complexity index is 450. The van der Waals surface area contributed by atoms with Gasteiger partial charge >= 0.3 is 0 Å². The van der Waals surface area contributed by atoms with Gasteiger partial charge in [0, 0.05) is 18.6 Å². The number of halogens is 3.